The smallest absolute Gasteiger partial charge is 0.335 e. The van der Waals surface area contributed by atoms with Crippen LogP contribution in [0.15, 0.2) is 24.3 Å². The van der Waals surface area contributed by atoms with Crippen LogP contribution in [0.2, 0.25) is 0 Å². The molecule has 20 heavy (non-hydrogen) atoms. The van der Waals surface area contributed by atoms with Gasteiger partial charge in [0.1, 0.15) is 0 Å². The molecule has 108 valence electrons. The Bertz CT molecular complexity index is 504. The Labute approximate surface area is 118 Å². The predicted octanol–water partition coefficient (Wildman–Crippen LogP) is 1.87. The first-order valence-electron chi connectivity index (χ1n) is 6.82. The van der Waals surface area contributed by atoms with Crippen LogP contribution < -0.4 is 10.6 Å². The maximum Gasteiger partial charge on any atom is 0.335 e. The van der Waals surface area contributed by atoms with E-state index in [1.165, 1.54) is 12.1 Å². The van der Waals surface area contributed by atoms with Gasteiger partial charge < -0.3 is 15.7 Å². The number of carbonyl (C=O) groups is 2. The van der Waals surface area contributed by atoms with Crippen molar-refractivity contribution in [2.24, 2.45) is 11.1 Å². The average molecular weight is 276 g/mol. The van der Waals surface area contributed by atoms with Crippen LogP contribution in [0.25, 0.3) is 0 Å². The number of hydrogen-bond donors (Lipinski definition) is 2. The molecule has 0 atom stereocenters. The topological polar surface area (TPSA) is 83.6 Å². The zero-order valence-corrected chi connectivity index (χ0v) is 11.6. The van der Waals surface area contributed by atoms with E-state index in [4.69, 9.17) is 10.8 Å². The summed E-state index contributed by atoms with van der Waals surface area (Å²) in [6, 6.07) is 6.32. The maximum absolute atomic E-state index is 12.6. The number of rotatable bonds is 4. The summed E-state index contributed by atoms with van der Waals surface area (Å²) in [5.41, 5.74) is 6.29. The number of aromatic carboxylic acids is 1. The van der Waals surface area contributed by atoms with Crippen molar-refractivity contribution in [3.8, 4) is 0 Å². The monoisotopic (exact) mass is 276 g/mol. The second-order valence-corrected chi connectivity index (χ2v) is 5.41. The van der Waals surface area contributed by atoms with Crippen molar-refractivity contribution in [1.82, 2.24) is 0 Å². The van der Waals surface area contributed by atoms with Crippen molar-refractivity contribution in [3.63, 3.8) is 0 Å². The predicted molar refractivity (Wildman–Crippen MR) is 76.8 cm³/mol. The largest absolute Gasteiger partial charge is 0.478 e. The van der Waals surface area contributed by atoms with Crippen LogP contribution >= 0.6 is 0 Å². The molecule has 0 heterocycles. The van der Waals surface area contributed by atoms with Crippen LogP contribution in [-0.2, 0) is 4.79 Å². The van der Waals surface area contributed by atoms with Gasteiger partial charge >= 0.3 is 5.97 Å². The quantitative estimate of drug-likeness (QED) is 0.879. The number of nitrogens with two attached hydrogens (primary N) is 1. The van der Waals surface area contributed by atoms with Crippen molar-refractivity contribution in [2.75, 3.05) is 18.5 Å². The Morgan fingerprint density at radius 2 is 1.80 bits per heavy atom. The summed E-state index contributed by atoms with van der Waals surface area (Å²) in [6.07, 6.45) is 3.74. The Balaban J connectivity index is 2.19. The lowest BCUT2D eigenvalue weighted by Crippen LogP contribution is -2.45. The molecule has 0 aliphatic heterocycles. The number of amides is 1. The summed E-state index contributed by atoms with van der Waals surface area (Å²) in [7, 11) is 1.72. The van der Waals surface area contributed by atoms with Gasteiger partial charge in [0.15, 0.2) is 0 Å². The van der Waals surface area contributed by atoms with E-state index in [0.29, 0.717) is 12.2 Å². The van der Waals surface area contributed by atoms with Crippen LogP contribution in [0, 0.1) is 5.41 Å². The number of carboxylic acid groups (broad SMARTS) is 1. The fourth-order valence-electron chi connectivity index (χ4n) is 2.86. The molecule has 5 nitrogen and oxygen atoms in total. The molecule has 1 aliphatic carbocycles. The molecule has 2 rings (SSSR count). The maximum atomic E-state index is 12.6. The Morgan fingerprint density at radius 1 is 1.25 bits per heavy atom. The van der Waals surface area contributed by atoms with E-state index in [2.05, 4.69) is 0 Å². The number of hydrogen-bond acceptors (Lipinski definition) is 3. The van der Waals surface area contributed by atoms with E-state index in [-0.39, 0.29) is 11.5 Å². The van der Waals surface area contributed by atoms with Gasteiger partial charge in [-0.3, -0.25) is 4.79 Å². The molecule has 0 radical (unpaired) electrons. The molecular formula is C15H20N2O3. The molecular weight excluding hydrogens is 256 g/mol. The Kier molecular flexibility index (Phi) is 4.09. The van der Waals surface area contributed by atoms with E-state index in [9.17, 15) is 9.59 Å². The number of nitrogens with zero attached hydrogens (tertiary/aromatic N) is 1. The highest BCUT2D eigenvalue weighted by molar-refractivity contribution is 5.98. The normalized spacial score (nSPS) is 16.9. The fourth-order valence-corrected chi connectivity index (χ4v) is 2.86. The first kappa shape index (κ1) is 14.5. The van der Waals surface area contributed by atoms with Crippen molar-refractivity contribution >= 4 is 17.6 Å². The highest BCUT2D eigenvalue weighted by Crippen LogP contribution is 2.39. The summed E-state index contributed by atoms with van der Waals surface area (Å²) in [5, 5.41) is 8.88. The van der Waals surface area contributed by atoms with Gasteiger partial charge in [0.25, 0.3) is 0 Å². The Morgan fingerprint density at radius 3 is 2.25 bits per heavy atom. The highest BCUT2D eigenvalue weighted by atomic mass is 16.4. The van der Waals surface area contributed by atoms with Gasteiger partial charge in [0.2, 0.25) is 5.91 Å². The molecule has 0 aromatic heterocycles. The van der Waals surface area contributed by atoms with Crippen LogP contribution in [0.5, 0.6) is 0 Å². The summed E-state index contributed by atoms with van der Waals surface area (Å²) in [5.74, 6) is -0.944. The van der Waals surface area contributed by atoms with E-state index >= 15 is 0 Å². The standard InChI is InChI=1S/C15H20N2O3/c1-17(12-6-4-11(5-7-12)13(18)19)14(20)15(10-16)8-2-3-9-15/h4-7H,2-3,8-10,16H2,1H3,(H,18,19). The van der Waals surface area contributed by atoms with E-state index < -0.39 is 11.4 Å². The lowest BCUT2D eigenvalue weighted by molar-refractivity contribution is -0.127. The molecule has 0 unspecified atom stereocenters. The SMILES string of the molecule is CN(C(=O)C1(CN)CCCC1)c1ccc(C(=O)O)cc1. The summed E-state index contributed by atoms with van der Waals surface area (Å²) in [4.78, 5) is 25.1. The number of anilines is 1. The lowest BCUT2D eigenvalue weighted by Gasteiger charge is -2.31. The zero-order chi connectivity index (χ0) is 14.8. The molecule has 1 saturated carbocycles. The molecule has 3 N–H and O–H groups in total. The first-order chi connectivity index (χ1) is 9.50. The first-order valence-corrected chi connectivity index (χ1v) is 6.82. The molecule has 5 heteroatoms. The minimum absolute atomic E-state index is 0.0283. The third-order valence-electron chi connectivity index (χ3n) is 4.21. The average Bonchev–Trinajstić information content (AvgIpc) is 2.96. The minimum Gasteiger partial charge on any atom is -0.478 e. The molecule has 1 aromatic rings. The molecule has 0 bridgehead atoms. The van der Waals surface area contributed by atoms with E-state index in [1.54, 1.807) is 24.1 Å². The van der Waals surface area contributed by atoms with Gasteiger partial charge in [-0.15, -0.1) is 0 Å². The van der Waals surface area contributed by atoms with Gasteiger partial charge in [-0.05, 0) is 37.1 Å². The summed E-state index contributed by atoms with van der Waals surface area (Å²) >= 11 is 0. The molecule has 0 saturated heterocycles. The van der Waals surface area contributed by atoms with Gasteiger partial charge in [-0.25, -0.2) is 4.79 Å². The third-order valence-corrected chi connectivity index (χ3v) is 4.21. The lowest BCUT2D eigenvalue weighted by atomic mass is 9.84. The van der Waals surface area contributed by atoms with Crippen molar-refractivity contribution < 1.29 is 14.7 Å². The van der Waals surface area contributed by atoms with Crippen molar-refractivity contribution in [2.45, 2.75) is 25.7 Å². The molecule has 1 aliphatic rings. The third kappa shape index (κ3) is 2.54. The number of carbonyl (C=O) groups excluding carboxylic acids is 1. The van der Waals surface area contributed by atoms with E-state index in [0.717, 1.165) is 25.7 Å². The van der Waals surface area contributed by atoms with Crippen LogP contribution in [0.3, 0.4) is 0 Å². The van der Waals surface area contributed by atoms with Gasteiger partial charge in [-0.1, -0.05) is 12.8 Å². The van der Waals surface area contributed by atoms with E-state index in [1.807, 2.05) is 0 Å². The second-order valence-electron chi connectivity index (χ2n) is 5.41. The minimum atomic E-state index is -0.972. The van der Waals surface area contributed by atoms with Crippen LogP contribution in [0.1, 0.15) is 36.0 Å². The fraction of sp³-hybridized carbons (Fsp3) is 0.467. The summed E-state index contributed by atoms with van der Waals surface area (Å²) < 4.78 is 0. The summed E-state index contributed by atoms with van der Waals surface area (Å²) in [6.45, 7) is 0.364. The second kappa shape index (κ2) is 5.63. The Hall–Kier alpha value is -1.88. The highest BCUT2D eigenvalue weighted by Gasteiger charge is 2.41. The van der Waals surface area contributed by atoms with Gasteiger partial charge in [0.05, 0.1) is 11.0 Å². The van der Waals surface area contributed by atoms with Gasteiger partial charge in [-0.2, -0.15) is 0 Å². The number of benzene rings is 1. The zero-order valence-electron chi connectivity index (χ0n) is 11.6. The van der Waals surface area contributed by atoms with Crippen molar-refractivity contribution in [1.29, 1.82) is 0 Å². The molecule has 1 amide bonds. The molecule has 1 fully saturated rings. The molecule has 1 aromatic carbocycles. The molecule has 0 spiro atoms. The van der Waals surface area contributed by atoms with Crippen LogP contribution in [-0.4, -0.2) is 30.6 Å². The number of carboxylic acids is 1. The van der Waals surface area contributed by atoms with Gasteiger partial charge in [0, 0.05) is 19.3 Å². The van der Waals surface area contributed by atoms with Crippen LogP contribution in [0.4, 0.5) is 5.69 Å². The van der Waals surface area contributed by atoms with Crippen molar-refractivity contribution in [3.05, 3.63) is 29.8 Å².